The third-order valence-corrected chi connectivity index (χ3v) is 6.86. The Morgan fingerprint density at radius 1 is 1.09 bits per heavy atom. The van der Waals surface area contributed by atoms with Gasteiger partial charge >= 0.3 is 0 Å². The normalized spacial score (nSPS) is 16.1. The average Bonchev–Trinajstić information content (AvgIpc) is 2.86. The zero-order chi connectivity index (χ0) is 25.0. The maximum atomic E-state index is 12.8. The fourth-order valence-electron chi connectivity index (χ4n) is 3.79. The summed E-state index contributed by atoms with van der Waals surface area (Å²) in [5.41, 5.74) is 3.22. The number of anilines is 1. The van der Waals surface area contributed by atoms with Crippen LogP contribution in [0.5, 0.6) is 0 Å². The number of nitrogens with zero attached hydrogens (tertiary/aromatic N) is 4. The molecule has 1 atom stereocenters. The average molecular weight is 492 g/mol. The van der Waals surface area contributed by atoms with E-state index in [1.807, 2.05) is 19.1 Å². The number of carbonyl (C=O) groups is 2. The first kappa shape index (κ1) is 24.2. The molecule has 0 aliphatic carbocycles. The third kappa shape index (κ3) is 5.78. The van der Waals surface area contributed by atoms with Crippen LogP contribution in [-0.4, -0.2) is 47.2 Å². The van der Waals surface area contributed by atoms with Gasteiger partial charge in [-0.15, -0.1) is 0 Å². The first-order valence-electron chi connectivity index (χ1n) is 11.1. The Kier molecular flexibility index (Phi) is 7.02. The SMILES string of the molecule is CCC1CC(=O)N(Cc2ccc(NC(=O)c3cnccn3)cc2)N=C1c1ccc(S(C)(=O)=O)cc1. The van der Waals surface area contributed by atoms with Crippen molar-refractivity contribution in [1.82, 2.24) is 15.0 Å². The summed E-state index contributed by atoms with van der Waals surface area (Å²) in [5, 5.41) is 8.86. The molecule has 0 radical (unpaired) electrons. The number of aromatic nitrogens is 2. The number of nitrogens with one attached hydrogen (secondary N) is 1. The molecule has 0 bridgehead atoms. The predicted octanol–water partition coefficient (Wildman–Crippen LogP) is 3.30. The lowest BCUT2D eigenvalue weighted by molar-refractivity contribution is -0.133. The van der Waals surface area contributed by atoms with E-state index in [-0.39, 0.29) is 34.9 Å². The fourth-order valence-corrected chi connectivity index (χ4v) is 4.42. The van der Waals surface area contributed by atoms with Crippen LogP contribution < -0.4 is 5.32 Å². The quantitative estimate of drug-likeness (QED) is 0.541. The van der Waals surface area contributed by atoms with Gasteiger partial charge in [0.05, 0.1) is 23.3 Å². The molecule has 2 aromatic carbocycles. The first-order chi connectivity index (χ1) is 16.7. The van der Waals surface area contributed by atoms with Crippen molar-refractivity contribution >= 4 is 33.1 Å². The molecule has 1 aliphatic rings. The van der Waals surface area contributed by atoms with Crippen molar-refractivity contribution in [1.29, 1.82) is 0 Å². The highest BCUT2D eigenvalue weighted by Crippen LogP contribution is 2.26. The van der Waals surface area contributed by atoms with E-state index in [0.29, 0.717) is 12.1 Å². The second-order valence-electron chi connectivity index (χ2n) is 8.28. The van der Waals surface area contributed by atoms with Crippen LogP contribution in [0.1, 0.15) is 41.4 Å². The Hall–Kier alpha value is -3.92. The molecule has 1 unspecified atom stereocenters. The molecule has 3 aromatic rings. The molecular weight excluding hydrogens is 466 g/mol. The van der Waals surface area contributed by atoms with E-state index >= 15 is 0 Å². The zero-order valence-corrected chi connectivity index (χ0v) is 20.2. The lowest BCUT2D eigenvalue weighted by Gasteiger charge is -2.29. The molecule has 180 valence electrons. The molecule has 4 rings (SSSR count). The summed E-state index contributed by atoms with van der Waals surface area (Å²) < 4.78 is 23.6. The smallest absolute Gasteiger partial charge is 0.275 e. The van der Waals surface area contributed by atoms with Gasteiger partial charge in [0, 0.05) is 36.7 Å². The van der Waals surface area contributed by atoms with Gasteiger partial charge in [0.15, 0.2) is 9.84 Å². The molecule has 10 heteroatoms. The second kappa shape index (κ2) is 10.1. The van der Waals surface area contributed by atoms with Gasteiger partial charge in [0.1, 0.15) is 5.69 Å². The molecule has 2 heterocycles. The summed E-state index contributed by atoms with van der Waals surface area (Å²) in [6.07, 6.45) is 6.57. The van der Waals surface area contributed by atoms with Gasteiger partial charge in [0.2, 0.25) is 5.91 Å². The molecule has 0 fully saturated rings. The van der Waals surface area contributed by atoms with Crippen LogP contribution >= 0.6 is 0 Å². The Morgan fingerprint density at radius 2 is 1.80 bits per heavy atom. The molecule has 1 N–H and O–H groups in total. The highest BCUT2D eigenvalue weighted by molar-refractivity contribution is 7.90. The van der Waals surface area contributed by atoms with Gasteiger partial charge in [-0.05, 0) is 41.8 Å². The van der Waals surface area contributed by atoms with E-state index in [9.17, 15) is 18.0 Å². The minimum atomic E-state index is -3.29. The third-order valence-electron chi connectivity index (χ3n) is 5.74. The van der Waals surface area contributed by atoms with Crippen LogP contribution in [0.3, 0.4) is 0 Å². The minimum absolute atomic E-state index is 0.0403. The van der Waals surface area contributed by atoms with Gasteiger partial charge in [-0.2, -0.15) is 5.10 Å². The molecule has 9 nitrogen and oxygen atoms in total. The molecular formula is C25H25N5O4S. The Labute approximate surface area is 203 Å². The van der Waals surface area contributed by atoms with Crippen LogP contribution in [0.15, 0.2) is 77.1 Å². The fraction of sp³-hybridized carbons (Fsp3) is 0.240. The van der Waals surface area contributed by atoms with E-state index in [2.05, 4.69) is 20.4 Å². The number of amides is 2. The van der Waals surface area contributed by atoms with Gasteiger partial charge < -0.3 is 5.32 Å². The number of rotatable bonds is 7. The van der Waals surface area contributed by atoms with Crippen molar-refractivity contribution in [2.45, 2.75) is 31.2 Å². The van der Waals surface area contributed by atoms with Crippen LogP contribution in [0.25, 0.3) is 0 Å². The maximum Gasteiger partial charge on any atom is 0.275 e. The summed E-state index contributed by atoms with van der Waals surface area (Å²) in [5.74, 6) is -0.478. The highest BCUT2D eigenvalue weighted by atomic mass is 32.2. The van der Waals surface area contributed by atoms with Crippen molar-refractivity contribution in [3.63, 3.8) is 0 Å². The lowest BCUT2D eigenvalue weighted by Crippen LogP contribution is -2.36. The number of hydrogen-bond donors (Lipinski definition) is 1. The first-order valence-corrected chi connectivity index (χ1v) is 13.0. The van der Waals surface area contributed by atoms with Crippen LogP contribution in [-0.2, 0) is 21.2 Å². The van der Waals surface area contributed by atoms with E-state index in [0.717, 1.165) is 23.3 Å². The molecule has 2 amide bonds. The van der Waals surface area contributed by atoms with Crippen molar-refractivity contribution in [3.05, 3.63) is 83.9 Å². The van der Waals surface area contributed by atoms with E-state index in [1.165, 1.54) is 29.9 Å². The van der Waals surface area contributed by atoms with Gasteiger partial charge in [-0.25, -0.2) is 18.4 Å². The van der Waals surface area contributed by atoms with Crippen molar-refractivity contribution in [3.8, 4) is 0 Å². The van der Waals surface area contributed by atoms with Gasteiger partial charge in [-0.1, -0.05) is 31.2 Å². The topological polar surface area (TPSA) is 122 Å². The van der Waals surface area contributed by atoms with Crippen LogP contribution in [0.2, 0.25) is 0 Å². The Morgan fingerprint density at radius 3 is 2.40 bits per heavy atom. The summed E-state index contributed by atoms with van der Waals surface area (Å²) in [4.78, 5) is 33.1. The standard InChI is InChI=1S/C25H25N5O4S/c1-3-18-14-23(31)30(29-24(18)19-6-10-21(11-7-19)35(2,33)34)16-17-4-8-20(9-5-17)28-25(32)22-15-26-12-13-27-22/h4-13,15,18H,3,14,16H2,1-2H3,(H,28,32). The van der Waals surface area contributed by atoms with Crippen molar-refractivity contribution in [2.75, 3.05) is 11.6 Å². The van der Waals surface area contributed by atoms with Gasteiger partial charge in [0.25, 0.3) is 5.91 Å². The molecule has 0 saturated carbocycles. The number of hydrogen-bond acceptors (Lipinski definition) is 7. The Bertz CT molecular complexity index is 1360. The lowest BCUT2D eigenvalue weighted by atomic mass is 9.90. The molecule has 0 spiro atoms. The minimum Gasteiger partial charge on any atom is -0.321 e. The Balaban J connectivity index is 1.50. The largest absolute Gasteiger partial charge is 0.321 e. The molecule has 1 aromatic heterocycles. The molecule has 35 heavy (non-hydrogen) atoms. The van der Waals surface area contributed by atoms with E-state index < -0.39 is 9.84 Å². The predicted molar refractivity (Wildman–Crippen MR) is 131 cm³/mol. The summed E-state index contributed by atoms with van der Waals surface area (Å²) in [7, 11) is -3.29. The van der Waals surface area contributed by atoms with Crippen LogP contribution in [0.4, 0.5) is 5.69 Å². The van der Waals surface area contributed by atoms with E-state index in [4.69, 9.17) is 0 Å². The summed E-state index contributed by atoms with van der Waals surface area (Å²) in [6.45, 7) is 2.28. The second-order valence-corrected chi connectivity index (χ2v) is 10.3. The number of hydrazone groups is 1. The molecule has 0 saturated heterocycles. The molecule has 1 aliphatic heterocycles. The monoisotopic (exact) mass is 491 g/mol. The van der Waals surface area contributed by atoms with Crippen molar-refractivity contribution < 1.29 is 18.0 Å². The number of sulfone groups is 1. The van der Waals surface area contributed by atoms with Crippen LogP contribution in [0, 0.1) is 5.92 Å². The summed E-state index contributed by atoms with van der Waals surface area (Å²) in [6, 6.07) is 13.7. The zero-order valence-electron chi connectivity index (χ0n) is 19.4. The number of carbonyl (C=O) groups excluding carboxylic acids is 2. The van der Waals surface area contributed by atoms with Gasteiger partial charge in [-0.3, -0.25) is 14.6 Å². The van der Waals surface area contributed by atoms with Crippen molar-refractivity contribution in [2.24, 2.45) is 11.0 Å². The number of benzene rings is 2. The van der Waals surface area contributed by atoms with E-state index in [1.54, 1.807) is 36.4 Å². The summed E-state index contributed by atoms with van der Waals surface area (Å²) >= 11 is 0. The highest BCUT2D eigenvalue weighted by Gasteiger charge is 2.29. The maximum absolute atomic E-state index is 12.8.